The number of para-hydroxylation sites is 1. The lowest BCUT2D eigenvalue weighted by Gasteiger charge is -2.30. The van der Waals surface area contributed by atoms with Gasteiger partial charge >= 0.3 is 0 Å². The van der Waals surface area contributed by atoms with Gasteiger partial charge in [-0.05, 0) is 31.2 Å². The number of aromatic nitrogens is 4. The summed E-state index contributed by atoms with van der Waals surface area (Å²) in [5.41, 5.74) is 1.91. The van der Waals surface area contributed by atoms with Gasteiger partial charge < -0.3 is 15.0 Å². The first-order valence-corrected chi connectivity index (χ1v) is 9.26. The fourth-order valence-electron chi connectivity index (χ4n) is 3.17. The lowest BCUT2D eigenvalue weighted by molar-refractivity contribution is -0.139. The Morgan fingerprint density at radius 2 is 1.96 bits per heavy atom. The molecule has 3 aromatic rings. The van der Waals surface area contributed by atoms with E-state index in [0.29, 0.717) is 37.9 Å². The van der Waals surface area contributed by atoms with Gasteiger partial charge in [0.05, 0.1) is 31.0 Å². The number of hydrogen-bond acceptors (Lipinski definition) is 6. The molecule has 0 radical (unpaired) electrons. The second-order valence-corrected chi connectivity index (χ2v) is 6.61. The SMILES string of the molecule is CC(Oc1ccccc1)C(=O)N1CCn2nc(CNc3ncccn3)cc2C1. The van der Waals surface area contributed by atoms with Crippen molar-refractivity contribution in [2.24, 2.45) is 0 Å². The van der Waals surface area contributed by atoms with Crippen molar-refractivity contribution >= 4 is 11.9 Å². The first-order valence-electron chi connectivity index (χ1n) is 9.26. The molecular formula is C20H22N6O2. The minimum absolute atomic E-state index is 0.0198. The number of nitrogens with one attached hydrogen (secondary N) is 1. The first kappa shape index (κ1) is 18.0. The highest BCUT2D eigenvalue weighted by Gasteiger charge is 2.26. The van der Waals surface area contributed by atoms with E-state index in [-0.39, 0.29) is 5.91 Å². The standard InChI is InChI=1S/C20H22N6O2/c1-15(28-18-6-3-2-4-7-18)19(27)25-10-11-26-17(14-25)12-16(24-26)13-23-20-21-8-5-9-22-20/h2-9,12,15H,10-11,13-14H2,1H3,(H,21,22,23). The van der Waals surface area contributed by atoms with Gasteiger partial charge in [0.15, 0.2) is 6.10 Å². The van der Waals surface area contributed by atoms with Crippen LogP contribution >= 0.6 is 0 Å². The number of fused-ring (bicyclic) bond motifs is 1. The Morgan fingerprint density at radius 1 is 1.18 bits per heavy atom. The van der Waals surface area contributed by atoms with Crippen molar-refractivity contribution in [2.75, 3.05) is 11.9 Å². The summed E-state index contributed by atoms with van der Waals surface area (Å²) < 4.78 is 7.73. The van der Waals surface area contributed by atoms with E-state index in [1.54, 1.807) is 25.4 Å². The Labute approximate surface area is 163 Å². The van der Waals surface area contributed by atoms with E-state index in [1.807, 2.05) is 46.0 Å². The maximum Gasteiger partial charge on any atom is 0.263 e. The smallest absolute Gasteiger partial charge is 0.263 e. The van der Waals surface area contributed by atoms with Gasteiger partial charge in [0.25, 0.3) is 5.91 Å². The number of ether oxygens (including phenoxy) is 1. The minimum Gasteiger partial charge on any atom is -0.481 e. The highest BCUT2D eigenvalue weighted by molar-refractivity contribution is 5.81. The van der Waals surface area contributed by atoms with Crippen molar-refractivity contribution in [1.82, 2.24) is 24.6 Å². The Balaban J connectivity index is 1.36. The summed E-state index contributed by atoms with van der Waals surface area (Å²) in [5, 5.41) is 7.75. The summed E-state index contributed by atoms with van der Waals surface area (Å²) in [6.45, 7) is 4.13. The molecule has 144 valence electrons. The molecule has 8 nitrogen and oxygen atoms in total. The summed E-state index contributed by atoms with van der Waals surface area (Å²) >= 11 is 0. The van der Waals surface area contributed by atoms with Crippen LogP contribution in [0.25, 0.3) is 0 Å². The van der Waals surface area contributed by atoms with Gasteiger partial charge in [0, 0.05) is 18.9 Å². The lowest BCUT2D eigenvalue weighted by atomic mass is 10.2. The average molecular weight is 378 g/mol. The summed E-state index contributed by atoms with van der Waals surface area (Å²) in [4.78, 5) is 22.9. The van der Waals surface area contributed by atoms with Crippen molar-refractivity contribution in [2.45, 2.75) is 32.7 Å². The number of nitrogens with zero attached hydrogens (tertiary/aromatic N) is 5. The monoisotopic (exact) mass is 378 g/mol. The zero-order chi connectivity index (χ0) is 19.3. The molecule has 1 aliphatic rings. The molecule has 1 unspecified atom stereocenters. The third kappa shape index (κ3) is 4.11. The van der Waals surface area contributed by atoms with E-state index in [2.05, 4.69) is 20.4 Å². The molecule has 0 saturated carbocycles. The Morgan fingerprint density at radius 3 is 2.75 bits per heavy atom. The molecule has 1 atom stereocenters. The topological polar surface area (TPSA) is 85.2 Å². The molecule has 1 N–H and O–H groups in total. The summed E-state index contributed by atoms with van der Waals surface area (Å²) in [6, 6.07) is 13.2. The second kappa shape index (κ2) is 8.08. The normalized spacial score (nSPS) is 14.2. The molecule has 1 aliphatic heterocycles. The Kier molecular flexibility index (Phi) is 5.18. The number of carbonyl (C=O) groups excluding carboxylic acids is 1. The quantitative estimate of drug-likeness (QED) is 0.707. The van der Waals surface area contributed by atoms with Gasteiger partial charge in [0.1, 0.15) is 5.75 Å². The number of rotatable bonds is 6. The number of carbonyl (C=O) groups is 1. The van der Waals surface area contributed by atoms with Crippen LogP contribution in [0.1, 0.15) is 18.3 Å². The molecule has 8 heteroatoms. The van der Waals surface area contributed by atoms with Crippen LogP contribution in [-0.4, -0.2) is 43.2 Å². The van der Waals surface area contributed by atoms with Crippen LogP contribution in [0.3, 0.4) is 0 Å². The molecule has 0 fully saturated rings. The van der Waals surface area contributed by atoms with Gasteiger partial charge in [-0.3, -0.25) is 9.48 Å². The van der Waals surface area contributed by atoms with E-state index < -0.39 is 6.10 Å². The van der Waals surface area contributed by atoms with Crippen LogP contribution in [0.15, 0.2) is 54.9 Å². The highest BCUT2D eigenvalue weighted by Crippen LogP contribution is 2.17. The van der Waals surface area contributed by atoms with E-state index in [1.165, 1.54) is 0 Å². The molecule has 0 spiro atoms. The molecule has 28 heavy (non-hydrogen) atoms. The molecule has 1 amide bonds. The fraction of sp³-hybridized carbons (Fsp3) is 0.300. The van der Waals surface area contributed by atoms with Gasteiger partial charge in [-0.1, -0.05) is 18.2 Å². The van der Waals surface area contributed by atoms with Crippen molar-refractivity contribution in [3.63, 3.8) is 0 Å². The van der Waals surface area contributed by atoms with E-state index >= 15 is 0 Å². The van der Waals surface area contributed by atoms with Crippen LogP contribution in [0.5, 0.6) is 5.75 Å². The lowest BCUT2D eigenvalue weighted by Crippen LogP contribution is -2.44. The Hall–Kier alpha value is -3.42. The number of benzene rings is 1. The first-order chi connectivity index (χ1) is 13.7. The van der Waals surface area contributed by atoms with E-state index in [4.69, 9.17) is 4.74 Å². The molecule has 1 aromatic carbocycles. The molecule has 2 aromatic heterocycles. The van der Waals surface area contributed by atoms with Gasteiger partial charge in [-0.15, -0.1) is 0 Å². The van der Waals surface area contributed by atoms with Crippen molar-refractivity contribution in [3.05, 3.63) is 66.2 Å². The zero-order valence-corrected chi connectivity index (χ0v) is 15.7. The molecule has 0 aliphatic carbocycles. The Bertz CT molecular complexity index is 928. The van der Waals surface area contributed by atoms with Crippen LogP contribution in [-0.2, 0) is 24.4 Å². The van der Waals surface area contributed by atoms with Crippen LogP contribution in [0.2, 0.25) is 0 Å². The van der Waals surface area contributed by atoms with Crippen LogP contribution < -0.4 is 10.1 Å². The summed E-state index contributed by atoms with van der Waals surface area (Å²) in [7, 11) is 0. The van der Waals surface area contributed by atoms with Gasteiger partial charge in [-0.2, -0.15) is 5.10 Å². The third-order valence-corrected chi connectivity index (χ3v) is 4.56. The van der Waals surface area contributed by atoms with Crippen LogP contribution in [0.4, 0.5) is 5.95 Å². The van der Waals surface area contributed by atoms with Gasteiger partial charge in [0.2, 0.25) is 5.95 Å². The molecule has 4 rings (SSSR count). The van der Waals surface area contributed by atoms with Crippen molar-refractivity contribution in [1.29, 1.82) is 0 Å². The molecule has 0 bridgehead atoms. The summed E-state index contributed by atoms with van der Waals surface area (Å²) in [5.74, 6) is 1.24. The third-order valence-electron chi connectivity index (χ3n) is 4.56. The molecular weight excluding hydrogens is 356 g/mol. The van der Waals surface area contributed by atoms with Crippen molar-refractivity contribution < 1.29 is 9.53 Å². The number of anilines is 1. The second-order valence-electron chi connectivity index (χ2n) is 6.61. The minimum atomic E-state index is -0.534. The highest BCUT2D eigenvalue weighted by atomic mass is 16.5. The predicted octanol–water partition coefficient (Wildman–Crippen LogP) is 2.09. The molecule has 0 saturated heterocycles. The summed E-state index contributed by atoms with van der Waals surface area (Å²) in [6.07, 6.45) is 2.85. The zero-order valence-electron chi connectivity index (χ0n) is 15.7. The number of hydrogen-bond donors (Lipinski definition) is 1. The molecule has 3 heterocycles. The van der Waals surface area contributed by atoms with E-state index in [0.717, 1.165) is 11.4 Å². The maximum absolute atomic E-state index is 12.8. The van der Waals surface area contributed by atoms with Crippen molar-refractivity contribution in [3.8, 4) is 5.75 Å². The maximum atomic E-state index is 12.8. The fourth-order valence-corrected chi connectivity index (χ4v) is 3.17. The predicted molar refractivity (Wildman–Crippen MR) is 104 cm³/mol. The van der Waals surface area contributed by atoms with Crippen LogP contribution in [0, 0.1) is 0 Å². The van der Waals surface area contributed by atoms with E-state index in [9.17, 15) is 4.79 Å². The van der Waals surface area contributed by atoms with Gasteiger partial charge in [-0.25, -0.2) is 9.97 Å². The average Bonchev–Trinajstić information content (AvgIpc) is 3.15. The largest absolute Gasteiger partial charge is 0.481 e. The number of amides is 1.